The van der Waals surface area contributed by atoms with Gasteiger partial charge in [0.15, 0.2) is 0 Å². The number of nitrogens with zero attached hydrogens (tertiary/aromatic N) is 4. The number of anilines is 2. The molecule has 3 rings (SSSR count). The minimum absolute atomic E-state index is 0.0550. The highest BCUT2D eigenvalue weighted by Gasteiger charge is 2.23. The summed E-state index contributed by atoms with van der Waals surface area (Å²) >= 11 is 0. The fraction of sp³-hybridized carbons (Fsp3) is 0.333. The molecule has 0 spiro atoms. The highest BCUT2D eigenvalue weighted by atomic mass is 16.2. The molecule has 5 nitrogen and oxygen atoms in total. The van der Waals surface area contributed by atoms with E-state index in [9.17, 15) is 4.79 Å². The van der Waals surface area contributed by atoms with E-state index >= 15 is 0 Å². The van der Waals surface area contributed by atoms with Gasteiger partial charge in [-0.05, 0) is 31.3 Å². The average molecular weight is 310 g/mol. The molecule has 0 N–H and O–H groups in total. The van der Waals surface area contributed by atoms with Crippen LogP contribution in [-0.4, -0.2) is 60.5 Å². The molecule has 2 heterocycles. The second-order valence-electron chi connectivity index (χ2n) is 5.83. The summed E-state index contributed by atoms with van der Waals surface area (Å²) in [5.74, 6) is 0.720. The lowest BCUT2D eigenvalue weighted by Gasteiger charge is -2.33. The van der Waals surface area contributed by atoms with Crippen molar-refractivity contribution in [3.63, 3.8) is 0 Å². The van der Waals surface area contributed by atoms with Crippen molar-refractivity contribution in [2.24, 2.45) is 0 Å². The molecule has 1 saturated heterocycles. The lowest BCUT2D eigenvalue weighted by atomic mass is 10.2. The Morgan fingerprint density at radius 3 is 2.39 bits per heavy atom. The SMILES string of the molecule is CN1CCN(CC(=O)N(c2ccccc2)c2ccccn2)CC1. The number of carbonyl (C=O) groups excluding carboxylic acids is 1. The first-order valence-electron chi connectivity index (χ1n) is 7.94. The van der Waals surface area contributed by atoms with Crippen LogP contribution in [0.3, 0.4) is 0 Å². The lowest BCUT2D eigenvalue weighted by Crippen LogP contribution is -2.48. The van der Waals surface area contributed by atoms with Gasteiger partial charge >= 0.3 is 0 Å². The Morgan fingerprint density at radius 2 is 1.74 bits per heavy atom. The summed E-state index contributed by atoms with van der Waals surface area (Å²) in [6, 6.07) is 15.3. The molecule has 0 bridgehead atoms. The van der Waals surface area contributed by atoms with Gasteiger partial charge in [0.1, 0.15) is 5.82 Å². The molecule has 1 aromatic heterocycles. The number of para-hydroxylation sites is 1. The van der Waals surface area contributed by atoms with Crippen molar-refractivity contribution >= 4 is 17.4 Å². The summed E-state index contributed by atoms with van der Waals surface area (Å²) in [7, 11) is 2.11. The van der Waals surface area contributed by atoms with Gasteiger partial charge in [-0.3, -0.25) is 14.6 Å². The number of piperazine rings is 1. The summed E-state index contributed by atoms with van der Waals surface area (Å²) in [6.45, 7) is 4.27. The standard InChI is InChI=1S/C18H22N4O/c1-20-11-13-21(14-12-20)15-18(23)22(16-7-3-2-4-8-16)17-9-5-6-10-19-17/h2-10H,11-15H2,1H3. The molecule has 0 saturated carbocycles. The minimum Gasteiger partial charge on any atom is -0.304 e. The monoisotopic (exact) mass is 310 g/mol. The van der Waals surface area contributed by atoms with Gasteiger partial charge in [0, 0.05) is 32.4 Å². The first-order chi connectivity index (χ1) is 11.2. The number of amides is 1. The Bertz CT molecular complexity index is 584. The zero-order chi connectivity index (χ0) is 16.1. The van der Waals surface area contributed by atoms with Crippen LogP contribution in [0.15, 0.2) is 54.7 Å². The van der Waals surface area contributed by atoms with E-state index in [0.717, 1.165) is 31.9 Å². The molecule has 0 unspecified atom stereocenters. The Labute approximate surface area is 137 Å². The number of pyridine rings is 1. The fourth-order valence-electron chi connectivity index (χ4n) is 2.74. The van der Waals surface area contributed by atoms with Crippen molar-refractivity contribution in [3.05, 3.63) is 54.7 Å². The van der Waals surface area contributed by atoms with Crippen LogP contribution in [0.5, 0.6) is 0 Å². The Hall–Kier alpha value is -2.24. The molecule has 120 valence electrons. The van der Waals surface area contributed by atoms with Crippen LogP contribution in [0.2, 0.25) is 0 Å². The van der Waals surface area contributed by atoms with Crippen LogP contribution < -0.4 is 4.90 Å². The van der Waals surface area contributed by atoms with Gasteiger partial charge in [0.25, 0.3) is 0 Å². The highest BCUT2D eigenvalue weighted by molar-refractivity contribution is 6.00. The van der Waals surface area contributed by atoms with Gasteiger partial charge in [0.2, 0.25) is 5.91 Å². The average Bonchev–Trinajstić information content (AvgIpc) is 2.59. The summed E-state index contributed by atoms with van der Waals surface area (Å²) < 4.78 is 0. The first-order valence-corrected chi connectivity index (χ1v) is 7.94. The maximum atomic E-state index is 12.9. The van der Waals surface area contributed by atoms with Gasteiger partial charge in [-0.1, -0.05) is 24.3 Å². The third kappa shape index (κ3) is 3.94. The van der Waals surface area contributed by atoms with Crippen LogP contribution >= 0.6 is 0 Å². The van der Waals surface area contributed by atoms with Crippen molar-refractivity contribution in [2.45, 2.75) is 0 Å². The van der Waals surface area contributed by atoms with Crippen molar-refractivity contribution in [1.82, 2.24) is 14.8 Å². The zero-order valence-electron chi connectivity index (χ0n) is 13.4. The van der Waals surface area contributed by atoms with Crippen LogP contribution in [0.1, 0.15) is 0 Å². The van der Waals surface area contributed by atoms with Crippen molar-refractivity contribution < 1.29 is 4.79 Å². The third-order valence-corrected chi connectivity index (χ3v) is 4.10. The smallest absolute Gasteiger partial charge is 0.246 e. The lowest BCUT2D eigenvalue weighted by molar-refractivity contribution is -0.119. The number of likely N-dealkylation sites (N-methyl/N-ethyl adjacent to an activating group) is 1. The number of hydrogen-bond donors (Lipinski definition) is 0. The van der Waals surface area contributed by atoms with Crippen LogP contribution in [0, 0.1) is 0 Å². The number of hydrogen-bond acceptors (Lipinski definition) is 4. The van der Waals surface area contributed by atoms with E-state index < -0.39 is 0 Å². The maximum absolute atomic E-state index is 12.9. The molecular formula is C18H22N4O. The van der Waals surface area contributed by atoms with Gasteiger partial charge in [0.05, 0.1) is 12.2 Å². The van der Waals surface area contributed by atoms with Gasteiger partial charge in [-0.2, -0.15) is 0 Å². The van der Waals surface area contributed by atoms with Crippen LogP contribution in [-0.2, 0) is 4.79 Å². The predicted octanol–water partition coefficient (Wildman–Crippen LogP) is 1.99. The molecule has 2 aromatic rings. The minimum atomic E-state index is 0.0550. The van der Waals surface area contributed by atoms with E-state index in [2.05, 4.69) is 21.8 Å². The van der Waals surface area contributed by atoms with Gasteiger partial charge in [-0.25, -0.2) is 4.98 Å². The molecule has 23 heavy (non-hydrogen) atoms. The summed E-state index contributed by atoms with van der Waals surface area (Å²) in [5.41, 5.74) is 0.852. The molecule has 0 aliphatic carbocycles. The van der Waals surface area contributed by atoms with Crippen molar-refractivity contribution in [2.75, 3.05) is 44.7 Å². The molecular weight excluding hydrogens is 288 g/mol. The predicted molar refractivity (Wildman–Crippen MR) is 91.8 cm³/mol. The Morgan fingerprint density at radius 1 is 1.04 bits per heavy atom. The Kier molecular flexibility index (Phi) is 5.00. The van der Waals surface area contributed by atoms with E-state index in [4.69, 9.17) is 0 Å². The third-order valence-electron chi connectivity index (χ3n) is 4.10. The summed E-state index contributed by atoms with van der Waals surface area (Å²) in [4.78, 5) is 23.5. The molecule has 1 aliphatic heterocycles. The first kappa shape index (κ1) is 15.6. The van der Waals surface area contributed by atoms with E-state index in [1.807, 2.05) is 48.5 Å². The maximum Gasteiger partial charge on any atom is 0.246 e. The quantitative estimate of drug-likeness (QED) is 0.866. The van der Waals surface area contributed by atoms with Crippen LogP contribution in [0.25, 0.3) is 0 Å². The molecule has 5 heteroatoms. The second-order valence-corrected chi connectivity index (χ2v) is 5.83. The molecule has 1 fully saturated rings. The number of benzene rings is 1. The topological polar surface area (TPSA) is 39.7 Å². The molecule has 1 amide bonds. The molecule has 1 aliphatic rings. The highest BCUT2D eigenvalue weighted by Crippen LogP contribution is 2.23. The number of rotatable bonds is 4. The van der Waals surface area contributed by atoms with Crippen molar-refractivity contribution in [3.8, 4) is 0 Å². The fourth-order valence-corrected chi connectivity index (χ4v) is 2.74. The number of carbonyl (C=O) groups is 1. The second kappa shape index (κ2) is 7.35. The normalized spacial score (nSPS) is 16.2. The van der Waals surface area contributed by atoms with E-state index in [0.29, 0.717) is 12.4 Å². The molecule has 1 aromatic carbocycles. The summed E-state index contributed by atoms with van der Waals surface area (Å²) in [5, 5.41) is 0. The molecule has 0 atom stereocenters. The van der Waals surface area contributed by atoms with E-state index in [1.165, 1.54) is 0 Å². The number of aromatic nitrogens is 1. The van der Waals surface area contributed by atoms with E-state index in [-0.39, 0.29) is 5.91 Å². The van der Waals surface area contributed by atoms with Crippen molar-refractivity contribution in [1.29, 1.82) is 0 Å². The van der Waals surface area contributed by atoms with Gasteiger partial charge < -0.3 is 4.90 Å². The Balaban J connectivity index is 1.79. The van der Waals surface area contributed by atoms with E-state index in [1.54, 1.807) is 11.1 Å². The largest absolute Gasteiger partial charge is 0.304 e. The van der Waals surface area contributed by atoms with Crippen LogP contribution in [0.4, 0.5) is 11.5 Å². The summed E-state index contributed by atoms with van der Waals surface area (Å²) in [6.07, 6.45) is 1.72. The molecule has 0 radical (unpaired) electrons. The zero-order valence-corrected chi connectivity index (χ0v) is 13.4. The van der Waals surface area contributed by atoms with Gasteiger partial charge in [-0.15, -0.1) is 0 Å².